The summed E-state index contributed by atoms with van der Waals surface area (Å²) in [5, 5.41) is 2.59. The fourth-order valence-corrected chi connectivity index (χ4v) is 4.01. The lowest BCUT2D eigenvalue weighted by Crippen LogP contribution is -2.19. The largest absolute Gasteiger partial charge is 0.495 e. The molecule has 0 spiro atoms. The predicted octanol–water partition coefficient (Wildman–Crippen LogP) is 1.64. The number of aromatic nitrogens is 2. The monoisotopic (exact) mass is 404 g/mol. The third-order valence-electron chi connectivity index (χ3n) is 4.32. The van der Waals surface area contributed by atoms with E-state index in [0.717, 1.165) is 0 Å². The van der Waals surface area contributed by atoms with Gasteiger partial charge in [0.05, 0.1) is 28.7 Å². The van der Waals surface area contributed by atoms with Crippen LogP contribution in [-0.2, 0) is 28.9 Å². The molecule has 0 saturated carbocycles. The number of methoxy groups -OCH3 is 1. The van der Waals surface area contributed by atoms with Crippen LogP contribution in [0.25, 0.3) is 11.0 Å². The number of nitrogens with one attached hydrogen (secondary N) is 2. The molecule has 0 unspecified atom stereocenters. The number of amides is 1. The minimum atomic E-state index is -3.97. The van der Waals surface area contributed by atoms with Crippen LogP contribution in [0.15, 0.2) is 46.1 Å². The Balaban J connectivity index is 2.04. The Labute approximate surface area is 161 Å². The zero-order valence-corrected chi connectivity index (χ0v) is 16.6. The molecule has 0 atom stereocenters. The summed E-state index contributed by atoms with van der Waals surface area (Å²) in [5.41, 5.74) is 1.47. The van der Waals surface area contributed by atoms with Crippen molar-refractivity contribution in [3.8, 4) is 5.75 Å². The van der Waals surface area contributed by atoms with E-state index in [-0.39, 0.29) is 22.2 Å². The molecule has 0 saturated heterocycles. The van der Waals surface area contributed by atoms with Gasteiger partial charge in [-0.3, -0.25) is 18.7 Å². The molecular weight excluding hydrogens is 384 g/mol. The molecule has 2 N–H and O–H groups in total. The summed E-state index contributed by atoms with van der Waals surface area (Å²) in [6.07, 6.45) is 0. The van der Waals surface area contributed by atoms with Gasteiger partial charge in [-0.2, -0.15) is 0 Å². The number of imidazole rings is 1. The molecule has 148 valence electrons. The summed E-state index contributed by atoms with van der Waals surface area (Å²) in [6.45, 7) is 1.35. The fraction of sp³-hybridized carbons (Fsp3) is 0.222. The van der Waals surface area contributed by atoms with Gasteiger partial charge in [-0.15, -0.1) is 0 Å². The van der Waals surface area contributed by atoms with E-state index in [9.17, 15) is 18.0 Å². The molecule has 1 amide bonds. The molecule has 3 rings (SSSR count). The van der Waals surface area contributed by atoms with E-state index in [1.807, 2.05) is 0 Å². The van der Waals surface area contributed by atoms with Crippen molar-refractivity contribution in [3.63, 3.8) is 0 Å². The third kappa shape index (κ3) is 3.46. The number of fused-ring (bicyclic) bond motifs is 1. The van der Waals surface area contributed by atoms with Gasteiger partial charge in [-0.25, -0.2) is 13.2 Å². The molecule has 10 heteroatoms. The molecule has 0 aliphatic heterocycles. The molecule has 9 nitrogen and oxygen atoms in total. The highest BCUT2D eigenvalue weighted by Gasteiger charge is 2.19. The Hall–Kier alpha value is -3.27. The molecular formula is C18H20N4O5S. The number of hydrogen-bond donors (Lipinski definition) is 2. The van der Waals surface area contributed by atoms with E-state index in [1.165, 1.54) is 41.4 Å². The van der Waals surface area contributed by atoms with Crippen molar-refractivity contribution < 1.29 is 17.9 Å². The minimum absolute atomic E-state index is 0.00631. The normalized spacial score (nSPS) is 11.4. The van der Waals surface area contributed by atoms with Gasteiger partial charge in [-0.1, -0.05) is 0 Å². The molecule has 1 aromatic heterocycles. The average Bonchev–Trinajstić information content (AvgIpc) is 2.85. The van der Waals surface area contributed by atoms with Gasteiger partial charge in [0.2, 0.25) is 5.91 Å². The maximum atomic E-state index is 12.9. The van der Waals surface area contributed by atoms with Gasteiger partial charge >= 0.3 is 5.69 Å². The van der Waals surface area contributed by atoms with E-state index in [4.69, 9.17) is 4.74 Å². The van der Waals surface area contributed by atoms with Crippen LogP contribution in [-0.4, -0.2) is 30.6 Å². The number of nitrogens with zero attached hydrogens (tertiary/aromatic N) is 2. The van der Waals surface area contributed by atoms with E-state index in [1.54, 1.807) is 32.3 Å². The quantitative estimate of drug-likeness (QED) is 0.672. The van der Waals surface area contributed by atoms with Gasteiger partial charge in [0.15, 0.2) is 0 Å². The molecule has 0 aliphatic rings. The molecule has 0 bridgehead atoms. The van der Waals surface area contributed by atoms with Crippen LogP contribution >= 0.6 is 0 Å². The SMILES string of the molecule is COc1ccc(NC(C)=O)cc1NS(=O)(=O)c1ccc2c(c1)n(C)c(=O)n2C. The van der Waals surface area contributed by atoms with Crippen LogP contribution in [0.2, 0.25) is 0 Å². The molecule has 28 heavy (non-hydrogen) atoms. The molecule has 0 radical (unpaired) electrons. The zero-order chi connectivity index (χ0) is 20.6. The number of carbonyl (C=O) groups is 1. The Kier molecular flexibility index (Phi) is 4.90. The van der Waals surface area contributed by atoms with Crippen LogP contribution < -0.4 is 20.5 Å². The number of anilines is 2. The lowest BCUT2D eigenvalue weighted by atomic mass is 10.2. The summed E-state index contributed by atoms with van der Waals surface area (Å²) >= 11 is 0. The van der Waals surface area contributed by atoms with Crippen molar-refractivity contribution >= 4 is 38.3 Å². The molecule has 1 heterocycles. The number of aryl methyl sites for hydroxylation is 2. The molecule has 3 aromatic rings. The van der Waals surface area contributed by atoms with E-state index >= 15 is 0 Å². The Morgan fingerprint density at radius 3 is 2.36 bits per heavy atom. The summed E-state index contributed by atoms with van der Waals surface area (Å²) in [6, 6.07) is 9.05. The Morgan fingerprint density at radius 2 is 1.71 bits per heavy atom. The van der Waals surface area contributed by atoms with E-state index < -0.39 is 10.0 Å². The van der Waals surface area contributed by atoms with Gasteiger partial charge in [0.1, 0.15) is 5.75 Å². The lowest BCUT2D eigenvalue weighted by Gasteiger charge is -2.14. The van der Waals surface area contributed by atoms with Crippen LogP contribution in [0.1, 0.15) is 6.92 Å². The summed E-state index contributed by atoms with van der Waals surface area (Å²) in [4.78, 5) is 23.3. The summed E-state index contributed by atoms with van der Waals surface area (Å²) in [7, 11) is 0.642. The number of carbonyl (C=O) groups excluding carboxylic acids is 1. The second-order valence-corrected chi connectivity index (χ2v) is 7.94. The summed E-state index contributed by atoms with van der Waals surface area (Å²) < 4.78 is 36.3. The number of rotatable bonds is 5. The first-order valence-electron chi connectivity index (χ1n) is 8.28. The van der Waals surface area contributed by atoms with Crippen LogP contribution in [0.3, 0.4) is 0 Å². The van der Waals surface area contributed by atoms with Crippen molar-refractivity contribution in [2.75, 3.05) is 17.1 Å². The van der Waals surface area contributed by atoms with Gasteiger partial charge in [-0.05, 0) is 36.4 Å². The maximum absolute atomic E-state index is 12.9. The molecule has 0 aliphatic carbocycles. The first kappa shape index (κ1) is 19.5. The maximum Gasteiger partial charge on any atom is 0.328 e. The second kappa shape index (κ2) is 7.04. The van der Waals surface area contributed by atoms with Crippen LogP contribution in [0.4, 0.5) is 11.4 Å². The Morgan fingerprint density at radius 1 is 1.04 bits per heavy atom. The number of ether oxygens (including phenoxy) is 1. The zero-order valence-electron chi connectivity index (χ0n) is 15.8. The van der Waals surface area contributed by atoms with Crippen molar-refractivity contribution in [2.24, 2.45) is 14.1 Å². The fourth-order valence-electron chi connectivity index (χ4n) is 2.93. The van der Waals surface area contributed by atoms with Gasteiger partial charge in [0.25, 0.3) is 10.0 Å². The Bertz CT molecular complexity index is 1240. The van der Waals surface area contributed by atoms with Crippen molar-refractivity contribution in [1.29, 1.82) is 0 Å². The van der Waals surface area contributed by atoms with Crippen LogP contribution in [0, 0.1) is 0 Å². The highest BCUT2D eigenvalue weighted by Crippen LogP contribution is 2.30. The minimum Gasteiger partial charge on any atom is -0.495 e. The topological polar surface area (TPSA) is 111 Å². The van der Waals surface area contributed by atoms with E-state index in [0.29, 0.717) is 22.5 Å². The number of hydrogen-bond acceptors (Lipinski definition) is 5. The average molecular weight is 404 g/mol. The molecule has 2 aromatic carbocycles. The van der Waals surface area contributed by atoms with Crippen molar-refractivity contribution in [3.05, 3.63) is 46.9 Å². The number of benzene rings is 2. The smallest absolute Gasteiger partial charge is 0.328 e. The van der Waals surface area contributed by atoms with Crippen molar-refractivity contribution in [1.82, 2.24) is 9.13 Å². The predicted molar refractivity (Wildman–Crippen MR) is 106 cm³/mol. The number of sulfonamides is 1. The van der Waals surface area contributed by atoms with Crippen molar-refractivity contribution in [2.45, 2.75) is 11.8 Å². The second-order valence-electron chi connectivity index (χ2n) is 6.25. The third-order valence-corrected chi connectivity index (χ3v) is 5.68. The first-order chi connectivity index (χ1) is 13.1. The van der Waals surface area contributed by atoms with Crippen LogP contribution in [0.5, 0.6) is 5.75 Å². The van der Waals surface area contributed by atoms with Gasteiger partial charge in [0, 0.05) is 26.7 Å². The van der Waals surface area contributed by atoms with E-state index in [2.05, 4.69) is 10.0 Å². The van der Waals surface area contributed by atoms with Gasteiger partial charge < -0.3 is 10.1 Å². The highest BCUT2D eigenvalue weighted by atomic mass is 32.2. The standard InChI is InChI=1S/C18H20N4O5S/c1-11(23)19-12-5-8-17(27-4)14(9-12)20-28(25,26)13-6-7-15-16(10-13)22(3)18(24)21(15)2/h5-10,20H,1-4H3,(H,19,23). The first-order valence-corrected chi connectivity index (χ1v) is 9.76. The highest BCUT2D eigenvalue weighted by molar-refractivity contribution is 7.92. The molecule has 0 fully saturated rings. The summed E-state index contributed by atoms with van der Waals surface area (Å²) in [5.74, 6) is 0.0142. The lowest BCUT2D eigenvalue weighted by molar-refractivity contribution is -0.114.